The zero-order valence-electron chi connectivity index (χ0n) is 14.2. The average Bonchev–Trinajstić information content (AvgIpc) is 2.63. The highest BCUT2D eigenvalue weighted by molar-refractivity contribution is 6.31. The second kappa shape index (κ2) is 8.70. The molecule has 0 aliphatic heterocycles. The highest BCUT2D eigenvalue weighted by Gasteiger charge is 2.13. The van der Waals surface area contributed by atoms with Gasteiger partial charge >= 0.3 is 0 Å². The Balaban J connectivity index is 2.13. The van der Waals surface area contributed by atoms with E-state index in [0.717, 1.165) is 0 Å². The summed E-state index contributed by atoms with van der Waals surface area (Å²) in [5, 5.41) is 15.1. The molecule has 2 rings (SSSR count). The average molecular weight is 370 g/mol. The van der Waals surface area contributed by atoms with Crippen LogP contribution in [-0.2, 0) is 4.79 Å². The molecule has 0 atom stereocenters. The van der Waals surface area contributed by atoms with Crippen LogP contribution in [0.2, 0.25) is 5.02 Å². The number of amides is 1. The van der Waals surface area contributed by atoms with Gasteiger partial charge in [-0.3, -0.25) is 9.59 Å². The molecule has 0 unspecified atom stereocenters. The summed E-state index contributed by atoms with van der Waals surface area (Å²) in [6, 6.07) is 13.3. The van der Waals surface area contributed by atoms with Crippen LogP contribution < -0.4 is 15.4 Å². The Hall–Kier alpha value is -3.30. The Labute approximate surface area is 156 Å². The monoisotopic (exact) mass is 369 g/mol. The fraction of sp³-hybridized carbons (Fsp3) is 0.105. The van der Waals surface area contributed by atoms with E-state index in [-0.39, 0.29) is 11.4 Å². The summed E-state index contributed by atoms with van der Waals surface area (Å²) in [5.74, 6) is -0.228. The molecule has 0 aliphatic carbocycles. The van der Waals surface area contributed by atoms with E-state index in [9.17, 15) is 14.9 Å². The first-order valence-corrected chi connectivity index (χ1v) is 7.95. The van der Waals surface area contributed by atoms with Crippen molar-refractivity contribution >= 4 is 34.7 Å². The maximum absolute atomic E-state index is 12.3. The molecule has 6 nitrogen and oxygen atoms in total. The largest absolute Gasteiger partial charge is 0.495 e. The molecule has 0 radical (unpaired) electrons. The highest BCUT2D eigenvalue weighted by Crippen LogP contribution is 2.28. The normalized spacial score (nSPS) is 10.6. The quantitative estimate of drug-likeness (QED) is 0.456. The van der Waals surface area contributed by atoms with Gasteiger partial charge in [0.25, 0.3) is 5.91 Å². The van der Waals surface area contributed by atoms with Crippen LogP contribution in [0.25, 0.3) is 0 Å². The first kappa shape index (κ1) is 19.0. The summed E-state index contributed by atoms with van der Waals surface area (Å²) < 4.78 is 5.16. The van der Waals surface area contributed by atoms with Crippen LogP contribution in [0.5, 0.6) is 5.75 Å². The molecule has 7 heteroatoms. The van der Waals surface area contributed by atoms with Gasteiger partial charge in [0.1, 0.15) is 17.4 Å². The SMILES string of the molecule is COc1ccc(Cl)cc1NC(=O)/C(C#N)=C\Nc1ccc(C(C)=O)cc1. The number of anilines is 2. The van der Waals surface area contributed by atoms with Crippen molar-refractivity contribution in [2.24, 2.45) is 0 Å². The lowest BCUT2D eigenvalue weighted by Crippen LogP contribution is -2.15. The fourth-order valence-corrected chi connectivity index (χ4v) is 2.24. The predicted octanol–water partition coefficient (Wildman–Crippen LogP) is 4.01. The van der Waals surface area contributed by atoms with Gasteiger partial charge in [0.2, 0.25) is 0 Å². The number of ether oxygens (including phenoxy) is 1. The minimum atomic E-state index is -0.610. The Kier molecular flexibility index (Phi) is 6.36. The fourth-order valence-electron chi connectivity index (χ4n) is 2.07. The summed E-state index contributed by atoms with van der Waals surface area (Å²) in [7, 11) is 1.46. The van der Waals surface area contributed by atoms with Crippen LogP contribution in [0.1, 0.15) is 17.3 Å². The molecule has 0 heterocycles. The molecule has 1 amide bonds. The van der Waals surface area contributed by atoms with E-state index in [1.165, 1.54) is 26.3 Å². The van der Waals surface area contributed by atoms with E-state index in [1.54, 1.807) is 36.4 Å². The van der Waals surface area contributed by atoms with E-state index in [2.05, 4.69) is 10.6 Å². The van der Waals surface area contributed by atoms with Crippen molar-refractivity contribution in [2.45, 2.75) is 6.92 Å². The Morgan fingerprint density at radius 2 is 1.88 bits per heavy atom. The molecular weight excluding hydrogens is 354 g/mol. The molecule has 0 fully saturated rings. The summed E-state index contributed by atoms with van der Waals surface area (Å²) in [5.41, 5.74) is 1.43. The number of methoxy groups -OCH3 is 1. The van der Waals surface area contributed by atoms with E-state index in [1.807, 2.05) is 6.07 Å². The van der Waals surface area contributed by atoms with Crippen LogP contribution in [0.4, 0.5) is 11.4 Å². The van der Waals surface area contributed by atoms with Crippen molar-refractivity contribution in [2.75, 3.05) is 17.7 Å². The number of nitrogens with one attached hydrogen (secondary N) is 2. The number of Topliss-reactive ketones (excluding diaryl/α,β-unsaturated/α-hetero) is 1. The maximum Gasteiger partial charge on any atom is 0.267 e. The molecule has 2 N–H and O–H groups in total. The molecule has 0 aromatic heterocycles. The molecule has 26 heavy (non-hydrogen) atoms. The second-order valence-electron chi connectivity index (χ2n) is 5.25. The minimum absolute atomic E-state index is 0.0420. The molecule has 132 valence electrons. The van der Waals surface area contributed by atoms with Crippen LogP contribution >= 0.6 is 11.6 Å². The molecule has 2 aromatic rings. The van der Waals surface area contributed by atoms with Crippen molar-refractivity contribution in [3.05, 3.63) is 64.8 Å². The van der Waals surface area contributed by atoms with Crippen molar-refractivity contribution < 1.29 is 14.3 Å². The zero-order chi connectivity index (χ0) is 19.1. The molecule has 0 bridgehead atoms. The zero-order valence-corrected chi connectivity index (χ0v) is 14.9. The van der Waals surface area contributed by atoms with Crippen molar-refractivity contribution in [3.63, 3.8) is 0 Å². The van der Waals surface area contributed by atoms with E-state index < -0.39 is 5.91 Å². The smallest absolute Gasteiger partial charge is 0.267 e. The number of rotatable bonds is 6. The Morgan fingerprint density at radius 3 is 2.46 bits per heavy atom. The van der Waals surface area contributed by atoms with Crippen LogP contribution in [-0.4, -0.2) is 18.8 Å². The second-order valence-corrected chi connectivity index (χ2v) is 5.68. The predicted molar refractivity (Wildman–Crippen MR) is 100 cm³/mol. The molecular formula is C19H16ClN3O3. The van der Waals surface area contributed by atoms with E-state index >= 15 is 0 Å². The van der Waals surface area contributed by atoms with Crippen LogP contribution in [0.15, 0.2) is 54.2 Å². The Morgan fingerprint density at radius 1 is 1.19 bits per heavy atom. The van der Waals surface area contributed by atoms with Gasteiger partial charge in [-0.05, 0) is 49.4 Å². The van der Waals surface area contributed by atoms with Crippen molar-refractivity contribution in [3.8, 4) is 11.8 Å². The maximum atomic E-state index is 12.3. The van der Waals surface area contributed by atoms with Gasteiger partial charge in [0.15, 0.2) is 5.78 Å². The molecule has 0 saturated heterocycles. The number of carbonyl (C=O) groups is 2. The van der Waals surface area contributed by atoms with Gasteiger partial charge in [-0.2, -0.15) is 5.26 Å². The summed E-state index contributed by atoms with van der Waals surface area (Å²) in [4.78, 5) is 23.6. The lowest BCUT2D eigenvalue weighted by atomic mass is 10.1. The molecule has 0 aliphatic rings. The number of benzene rings is 2. The summed E-state index contributed by atoms with van der Waals surface area (Å²) in [6.45, 7) is 1.48. The third-order valence-electron chi connectivity index (χ3n) is 3.45. The lowest BCUT2D eigenvalue weighted by molar-refractivity contribution is -0.112. The summed E-state index contributed by atoms with van der Waals surface area (Å²) >= 11 is 5.92. The number of carbonyl (C=O) groups excluding carboxylic acids is 2. The van der Waals surface area contributed by atoms with E-state index in [4.69, 9.17) is 16.3 Å². The topological polar surface area (TPSA) is 91.2 Å². The first-order valence-electron chi connectivity index (χ1n) is 7.57. The molecule has 0 saturated carbocycles. The third kappa shape index (κ3) is 4.85. The third-order valence-corrected chi connectivity index (χ3v) is 3.68. The van der Waals surface area contributed by atoms with Gasteiger partial charge < -0.3 is 15.4 Å². The number of nitrogens with zero attached hydrogens (tertiary/aromatic N) is 1. The van der Waals surface area contributed by atoms with Gasteiger partial charge in [0, 0.05) is 22.5 Å². The van der Waals surface area contributed by atoms with Crippen LogP contribution in [0, 0.1) is 11.3 Å². The van der Waals surface area contributed by atoms with Gasteiger partial charge in [-0.1, -0.05) is 11.6 Å². The van der Waals surface area contributed by atoms with Gasteiger partial charge in [-0.25, -0.2) is 0 Å². The van der Waals surface area contributed by atoms with Crippen LogP contribution in [0.3, 0.4) is 0 Å². The minimum Gasteiger partial charge on any atom is -0.495 e. The summed E-state index contributed by atoms with van der Waals surface area (Å²) in [6.07, 6.45) is 1.29. The molecule has 2 aromatic carbocycles. The number of nitriles is 1. The first-order chi connectivity index (χ1) is 12.4. The molecule has 0 spiro atoms. The number of hydrogen-bond acceptors (Lipinski definition) is 5. The number of hydrogen-bond donors (Lipinski definition) is 2. The number of ketones is 1. The lowest BCUT2D eigenvalue weighted by Gasteiger charge is -2.10. The number of halogens is 1. The standard InChI is InChI=1S/C19H16ClN3O3/c1-12(24)13-3-6-16(7-4-13)22-11-14(10-21)19(25)23-17-9-15(20)5-8-18(17)26-2/h3-9,11,22H,1-2H3,(H,23,25)/b14-11-. The van der Waals surface area contributed by atoms with Crippen molar-refractivity contribution in [1.29, 1.82) is 5.26 Å². The van der Waals surface area contributed by atoms with Gasteiger partial charge in [-0.15, -0.1) is 0 Å². The highest BCUT2D eigenvalue weighted by atomic mass is 35.5. The van der Waals surface area contributed by atoms with E-state index in [0.29, 0.717) is 27.7 Å². The Bertz CT molecular complexity index is 899. The van der Waals surface area contributed by atoms with Crippen molar-refractivity contribution in [1.82, 2.24) is 0 Å². The van der Waals surface area contributed by atoms with Gasteiger partial charge in [0.05, 0.1) is 12.8 Å².